The van der Waals surface area contributed by atoms with E-state index in [-0.39, 0.29) is 18.4 Å². The van der Waals surface area contributed by atoms with Gasteiger partial charge >= 0.3 is 5.97 Å². The first-order chi connectivity index (χ1) is 9.17. The smallest absolute Gasteiger partial charge is 0.319 e. The second-order valence-electron chi connectivity index (χ2n) is 4.68. The average molecular weight is 271 g/mol. The predicted molar refractivity (Wildman–Crippen MR) is 72.8 cm³/mol. The lowest BCUT2D eigenvalue weighted by atomic mass is 10.1. The fourth-order valence-corrected chi connectivity index (χ4v) is 2.17. The molecular formula is C13H25N3O3. The normalized spacial score (nSPS) is 16.4. The van der Waals surface area contributed by atoms with Crippen molar-refractivity contribution in [3.63, 3.8) is 0 Å². The SMILES string of the molecule is CCOC(=O)CNCCC(=O)N1CCC(NC)CC1. The first-order valence-corrected chi connectivity index (χ1v) is 6.98. The molecular weight excluding hydrogens is 246 g/mol. The molecule has 0 radical (unpaired) electrons. The minimum Gasteiger partial charge on any atom is -0.465 e. The van der Waals surface area contributed by atoms with Gasteiger partial charge in [0.05, 0.1) is 13.2 Å². The third-order valence-electron chi connectivity index (χ3n) is 3.35. The Labute approximate surface area is 114 Å². The quantitative estimate of drug-likeness (QED) is 0.493. The minimum atomic E-state index is -0.273. The van der Waals surface area contributed by atoms with Gasteiger partial charge in [-0.3, -0.25) is 9.59 Å². The van der Waals surface area contributed by atoms with Crippen LogP contribution < -0.4 is 10.6 Å². The van der Waals surface area contributed by atoms with Crippen LogP contribution in [0.4, 0.5) is 0 Å². The molecule has 1 saturated heterocycles. The van der Waals surface area contributed by atoms with Crippen molar-refractivity contribution in [1.82, 2.24) is 15.5 Å². The molecule has 0 saturated carbocycles. The van der Waals surface area contributed by atoms with Crippen molar-refractivity contribution < 1.29 is 14.3 Å². The lowest BCUT2D eigenvalue weighted by molar-refractivity contribution is -0.142. The summed E-state index contributed by atoms with van der Waals surface area (Å²) >= 11 is 0. The Morgan fingerprint density at radius 3 is 2.58 bits per heavy atom. The van der Waals surface area contributed by atoms with E-state index in [1.165, 1.54) is 0 Å². The fraction of sp³-hybridized carbons (Fsp3) is 0.846. The van der Waals surface area contributed by atoms with Crippen LogP contribution in [0.1, 0.15) is 26.2 Å². The highest BCUT2D eigenvalue weighted by Gasteiger charge is 2.21. The number of piperidine rings is 1. The lowest BCUT2D eigenvalue weighted by Crippen LogP contribution is -2.44. The highest BCUT2D eigenvalue weighted by atomic mass is 16.5. The van der Waals surface area contributed by atoms with Crippen LogP contribution in [0.25, 0.3) is 0 Å². The number of rotatable bonds is 7. The average Bonchev–Trinajstić information content (AvgIpc) is 2.44. The molecule has 0 aromatic carbocycles. The summed E-state index contributed by atoms with van der Waals surface area (Å²) in [6.07, 6.45) is 2.46. The van der Waals surface area contributed by atoms with E-state index in [2.05, 4.69) is 10.6 Å². The van der Waals surface area contributed by atoms with Gasteiger partial charge in [0.2, 0.25) is 5.91 Å². The number of carbonyl (C=O) groups is 2. The number of esters is 1. The molecule has 0 aromatic rings. The second-order valence-corrected chi connectivity index (χ2v) is 4.68. The predicted octanol–water partition coefficient (Wildman–Crippen LogP) is -0.260. The summed E-state index contributed by atoms with van der Waals surface area (Å²) in [4.78, 5) is 24.9. The minimum absolute atomic E-state index is 0.158. The van der Waals surface area contributed by atoms with Crippen LogP contribution in [0.15, 0.2) is 0 Å². The van der Waals surface area contributed by atoms with Gasteiger partial charge in [-0.05, 0) is 26.8 Å². The maximum Gasteiger partial charge on any atom is 0.319 e. The molecule has 0 atom stereocenters. The van der Waals surface area contributed by atoms with Crippen LogP contribution in [0, 0.1) is 0 Å². The Morgan fingerprint density at radius 1 is 1.32 bits per heavy atom. The zero-order chi connectivity index (χ0) is 14.1. The molecule has 2 N–H and O–H groups in total. The largest absolute Gasteiger partial charge is 0.465 e. The van der Waals surface area contributed by atoms with E-state index in [0.717, 1.165) is 25.9 Å². The molecule has 0 aliphatic carbocycles. The van der Waals surface area contributed by atoms with E-state index in [1.807, 2.05) is 11.9 Å². The zero-order valence-corrected chi connectivity index (χ0v) is 11.9. The van der Waals surface area contributed by atoms with E-state index in [1.54, 1.807) is 6.92 Å². The standard InChI is InChI=1S/C13H25N3O3/c1-3-19-13(18)10-15-7-4-12(17)16-8-5-11(14-2)6-9-16/h11,14-15H,3-10H2,1-2H3. The lowest BCUT2D eigenvalue weighted by Gasteiger charge is -2.31. The summed E-state index contributed by atoms with van der Waals surface area (Å²) in [5.41, 5.74) is 0. The van der Waals surface area contributed by atoms with Gasteiger partial charge in [0.15, 0.2) is 0 Å². The molecule has 1 fully saturated rings. The van der Waals surface area contributed by atoms with Gasteiger partial charge in [-0.25, -0.2) is 0 Å². The first-order valence-electron chi connectivity index (χ1n) is 6.98. The second kappa shape index (κ2) is 8.87. The van der Waals surface area contributed by atoms with Gasteiger partial charge in [0.1, 0.15) is 0 Å². The van der Waals surface area contributed by atoms with Crippen molar-refractivity contribution in [2.24, 2.45) is 0 Å². The summed E-state index contributed by atoms with van der Waals surface area (Å²) in [5.74, 6) is -0.115. The van der Waals surface area contributed by atoms with Crippen LogP contribution in [-0.4, -0.2) is 62.7 Å². The zero-order valence-electron chi connectivity index (χ0n) is 11.9. The molecule has 6 heteroatoms. The molecule has 0 bridgehead atoms. The molecule has 0 spiro atoms. The van der Waals surface area contributed by atoms with Gasteiger partial charge in [-0.15, -0.1) is 0 Å². The molecule has 6 nitrogen and oxygen atoms in total. The number of nitrogens with one attached hydrogen (secondary N) is 2. The summed E-state index contributed by atoms with van der Waals surface area (Å²) in [5, 5.41) is 6.16. The monoisotopic (exact) mass is 271 g/mol. The van der Waals surface area contributed by atoms with Crippen LogP contribution in [-0.2, 0) is 14.3 Å². The number of carbonyl (C=O) groups excluding carboxylic acids is 2. The highest BCUT2D eigenvalue weighted by molar-refractivity contribution is 5.76. The molecule has 19 heavy (non-hydrogen) atoms. The third kappa shape index (κ3) is 6.02. The van der Waals surface area contributed by atoms with Crippen LogP contribution >= 0.6 is 0 Å². The van der Waals surface area contributed by atoms with E-state index >= 15 is 0 Å². The maximum absolute atomic E-state index is 11.9. The van der Waals surface area contributed by atoms with Crippen molar-refractivity contribution >= 4 is 11.9 Å². The molecule has 1 amide bonds. The number of hydrogen-bond acceptors (Lipinski definition) is 5. The van der Waals surface area contributed by atoms with Crippen molar-refractivity contribution in [2.45, 2.75) is 32.2 Å². The molecule has 1 rings (SSSR count). The van der Waals surface area contributed by atoms with E-state index in [9.17, 15) is 9.59 Å². The summed E-state index contributed by atoms with van der Waals surface area (Å²) < 4.78 is 4.79. The molecule has 1 aliphatic heterocycles. The molecule has 110 valence electrons. The molecule has 0 unspecified atom stereocenters. The Morgan fingerprint density at radius 2 is 2.00 bits per heavy atom. The first kappa shape index (κ1) is 15.9. The summed E-state index contributed by atoms with van der Waals surface area (Å²) in [7, 11) is 1.96. The van der Waals surface area contributed by atoms with Crippen LogP contribution in [0.5, 0.6) is 0 Å². The number of nitrogens with zero attached hydrogens (tertiary/aromatic N) is 1. The van der Waals surface area contributed by atoms with Crippen molar-refractivity contribution in [3.05, 3.63) is 0 Å². The number of amides is 1. The Bertz CT molecular complexity index is 289. The topological polar surface area (TPSA) is 70.7 Å². The number of likely N-dealkylation sites (tertiary alicyclic amines) is 1. The van der Waals surface area contributed by atoms with Gasteiger partial charge in [0.25, 0.3) is 0 Å². The molecule has 0 aromatic heterocycles. The van der Waals surface area contributed by atoms with Gasteiger partial charge in [-0.2, -0.15) is 0 Å². The summed E-state index contributed by atoms with van der Waals surface area (Å²) in [6, 6.07) is 0.533. The maximum atomic E-state index is 11.9. The van der Waals surface area contributed by atoms with E-state index < -0.39 is 0 Å². The van der Waals surface area contributed by atoms with Gasteiger partial charge < -0.3 is 20.3 Å². The van der Waals surface area contributed by atoms with E-state index in [0.29, 0.717) is 25.6 Å². The van der Waals surface area contributed by atoms with Crippen LogP contribution in [0.2, 0.25) is 0 Å². The van der Waals surface area contributed by atoms with Crippen molar-refractivity contribution in [2.75, 3.05) is 39.8 Å². The van der Waals surface area contributed by atoms with Crippen molar-refractivity contribution in [1.29, 1.82) is 0 Å². The van der Waals surface area contributed by atoms with Gasteiger partial charge in [-0.1, -0.05) is 0 Å². The van der Waals surface area contributed by atoms with Crippen molar-refractivity contribution in [3.8, 4) is 0 Å². The Hall–Kier alpha value is -1.14. The number of ether oxygens (including phenoxy) is 1. The third-order valence-corrected chi connectivity index (χ3v) is 3.35. The Balaban J connectivity index is 2.10. The van der Waals surface area contributed by atoms with E-state index in [4.69, 9.17) is 4.74 Å². The Kier molecular flexibility index (Phi) is 7.43. The van der Waals surface area contributed by atoms with Gasteiger partial charge in [0, 0.05) is 32.1 Å². The molecule has 1 aliphatic rings. The van der Waals surface area contributed by atoms with Crippen LogP contribution in [0.3, 0.4) is 0 Å². The highest BCUT2D eigenvalue weighted by Crippen LogP contribution is 2.10. The summed E-state index contributed by atoms with van der Waals surface area (Å²) in [6.45, 7) is 4.49. The number of hydrogen-bond donors (Lipinski definition) is 2. The molecule has 1 heterocycles. The fourth-order valence-electron chi connectivity index (χ4n) is 2.17.